The molecule has 0 atom stereocenters. The fourth-order valence-corrected chi connectivity index (χ4v) is 5.83. The van der Waals surface area contributed by atoms with Gasteiger partial charge in [-0.15, -0.1) is 0 Å². The normalized spacial score (nSPS) is 26.1. The highest BCUT2D eigenvalue weighted by Crippen LogP contribution is 2.34. The standard InChI is InChI=1S/C26H40N4O4/c1-19-18-24-23(9-17-33-24)25(27-19)30-13-11-29(12-14-30)10-6-20-2-4-21(5-3-20)28-26(31)34-22-7-15-32-16-8-22/h18,20-22H,2-17H2,1H3,(H,28,31)/t20-,21-. The van der Waals surface area contributed by atoms with Gasteiger partial charge in [0.2, 0.25) is 0 Å². The molecule has 5 rings (SSSR count). The number of aromatic nitrogens is 1. The van der Waals surface area contributed by atoms with Crippen molar-refractivity contribution < 1.29 is 19.0 Å². The number of rotatable bonds is 6. The van der Waals surface area contributed by atoms with Gasteiger partial charge in [0.05, 0.1) is 19.8 Å². The number of hydrogen-bond donors (Lipinski definition) is 1. The number of amides is 1. The fraction of sp³-hybridized carbons (Fsp3) is 0.769. The maximum absolute atomic E-state index is 12.2. The Hall–Kier alpha value is -2.06. The van der Waals surface area contributed by atoms with Crippen LogP contribution in [0.4, 0.5) is 10.6 Å². The molecule has 1 aromatic rings. The Kier molecular flexibility index (Phi) is 7.74. The van der Waals surface area contributed by atoms with Crippen molar-refractivity contribution in [3.63, 3.8) is 0 Å². The van der Waals surface area contributed by atoms with Crippen LogP contribution < -0.4 is 15.0 Å². The van der Waals surface area contributed by atoms with E-state index in [-0.39, 0.29) is 18.2 Å². The molecule has 1 aliphatic carbocycles. The summed E-state index contributed by atoms with van der Waals surface area (Å²) in [5, 5.41) is 3.10. The van der Waals surface area contributed by atoms with Crippen molar-refractivity contribution in [1.29, 1.82) is 0 Å². The molecule has 1 N–H and O–H groups in total. The summed E-state index contributed by atoms with van der Waals surface area (Å²) in [7, 11) is 0. The molecule has 8 nitrogen and oxygen atoms in total. The van der Waals surface area contributed by atoms with E-state index in [4.69, 9.17) is 19.2 Å². The molecule has 3 aliphatic heterocycles. The molecule has 0 radical (unpaired) electrons. The minimum atomic E-state index is -0.242. The molecule has 188 valence electrons. The van der Waals surface area contributed by atoms with E-state index in [9.17, 15) is 4.79 Å². The van der Waals surface area contributed by atoms with Crippen LogP contribution in [-0.4, -0.2) is 80.7 Å². The first-order chi connectivity index (χ1) is 16.6. The number of carbonyl (C=O) groups is 1. The highest BCUT2D eigenvalue weighted by atomic mass is 16.6. The molecular weight excluding hydrogens is 432 g/mol. The minimum Gasteiger partial charge on any atom is -0.493 e. The lowest BCUT2D eigenvalue weighted by Gasteiger charge is -2.37. The van der Waals surface area contributed by atoms with Gasteiger partial charge in [-0.2, -0.15) is 0 Å². The monoisotopic (exact) mass is 472 g/mol. The van der Waals surface area contributed by atoms with Gasteiger partial charge in [-0.25, -0.2) is 9.78 Å². The van der Waals surface area contributed by atoms with Crippen LogP contribution in [0, 0.1) is 12.8 Å². The van der Waals surface area contributed by atoms with E-state index in [1.165, 1.54) is 31.4 Å². The van der Waals surface area contributed by atoms with Gasteiger partial charge in [-0.3, -0.25) is 4.90 Å². The van der Waals surface area contributed by atoms with Crippen molar-refractivity contribution in [3.8, 4) is 5.75 Å². The number of nitrogens with one attached hydrogen (secondary N) is 1. The molecule has 0 unspecified atom stereocenters. The zero-order chi connectivity index (χ0) is 23.3. The lowest BCUT2D eigenvalue weighted by molar-refractivity contribution is 0.000273. The third-order valence-electron chi connectivity index (χ3n) is 7.94. The number of fused-ring (bicyclic) bond motifs is 1. The zero-order valence-corrected chi connectivity index (χ0v) is 20.6. The number of hydrogen-bond acceptors (Lipinski definition) is 7. The third kappa shape index (κ3) is 5.95. The first-order valence-electron chi connectivity index (χ1n) is 13.3. The van der Waals surface area contributed by atoms with E-state index < -0.39 is 0 Å². The van der Waals surface area contributed by atoms with Crippen LogP contribution in [0.1, 0.15) is 56.2 Å². The highest BCUT2D eigenvalue weighted by Gasteiger charge is 2.27. The molecule has 4 heterocycles. The number of pyridine rings is 1. The van der Waals surface area contributed by atoms with Crippen LogP contribution in [0.2, 0.25) is 0 Å². The van der Waals surface area contributed by atoms with Gasteiger partial charge in [-0.05, 0) is 51.5 Å². The number of nitrogens with zero attached hydrogens (tertiary/aromatic N) is 3. The molecule has 8 heteroatoms. The number of aryl methyl sites for hydroxylation is 1. The lowest BCUT2D eigenvalue weighted by Crippen LogP contribution is -2.47. The van der Waals surface area contributed by atoms with Crippen LogP contribution >= 0.6 is 0 Å². The maximum atomic E-state index is 12.2. The zero-order valence-electron chi connectivity index (χ0n) is 20.6. The van der Waals surface area contributed by atoms with Gasteiger partial charge < -0.3 is 24.4 Å². The van der Waals surface area contributed by atoms with E-state index in [0.717, 1.165) is 88.1 Å². The average Bonchev–Trinajstić information content (AvgIpc) is 3.32. The first kappa shape index (κ1) is 23.7. The molecule has 0 bridgehead atoms. The third-order valence-corrected chi connectivity index (χ3v) is 7.94. The van der Waals surface area contributed by atoms with E-state index in [2.05, 4.69) is 28.1 Å². The Bertz CT molecular complexity index is 828. The Labute approximate surface area is 203 Å². The molecule has 2 saturated heterocycles. The second kappa shape index (κ2) is 11.1. The summed E-state index contributed by atoms with van der Waals surface area (Å²) < 4.78 is 16.7. The summed E-state index contributed by atoms with van der Waals surface area (Å²) in [5.74, 6) is 2.95. The lowest BCUT2D eigenvalue weighted by atomic mass is 9.84. The summed E-state index contributed by atoms with van der Waals surface area (Å²) in [6.45, 7) is 9.66. The van der Waals surface area contributed by atoms with Gasteiger partial charge in [0.1, 0.15) is 17.7 Å². The molecule has 4 aliphatic rings. The van der Waals surface area contributed by atoms with Crippen molar-refractivity contribution in [2.45, 2.75) is 70.4 Å². The molecule has 0 aromatic carbocycles. The van der Waals surface area contributed by atoms with Gasteiger partial charge in [0.25, 0.3) is 0 Å². The summed E-state index contributed by atoms with van der Waals surface area (Å²) in [5.41, 5.74) is 2.33. The van der Waals surface area contributed by atoms with Crippen LogP contribution in [0.15, 0.2) is 6.07 Å². The summed E-state index contributed by atoms with van der Waals surface area (Å²) in [6.07, 6.45) is 8.15. The molecule has 1 saturated carbocycles. The Morgan fingerprint density at radius 1 is 1.09 bits per heavy atom. The van der Waals surface area contributed by atoms with Crippen molar-refractivity contribution in [1.82, 2.24) is 15.2 Å². The maximum Gasteiger partial charge on any atom is 0.407 e. The number of alkyl carbamates (subject to hydrolysis) is 1. The predicted molar refractivity (Wildman–Crippen MR) is 131 cm³/mol. The van der Waals surface area contributed by atoms with E-state index in [0.29, 0.717) is 13.2 Å². The molecule has 3 fully saturated rings. The van der Waals surface area contributed by atoms with Gasteiger partial charge in [-0.1, -0.05) is 0 Å². The average molecular weight is 473 g/mol. The molecule has 0 spiro atoms. The number of carbonyl (C=O) groups excluding carboxylic acids is 1. The molecule has 1 aromatic heterocycles. The van der Waals surface area contributed by atoms with Crippen LogP contribution in [0.5, 0.6) is 5.75 Å². The summed E-state index contributed by atoms with van der Waals surface area (Å²) in [6, 6.07) is 2.33. The smallest absolute Gasteiger partial charge is 0.407 e. The van der Waals surface area contributed by atoms with Crippen molar-refractivity contribution in [2.75, 3.05) is 57.4 Å². The van der Waals surface area contributed by atoms with E-state index >= 15 is 0 Å². The van der Waals surface area contributed by atoms with Crippen LogP contribution in [0.3, 0.4) is 0 Å². The second-order valence-electron chi connectivity index (χ2n) is 10.4. The Morgan fingerprint density at radius 2 is 1.85 bits per heavy atom. The summed E-state index contributed by atoms with van der Waals surface area (Å²) in [4.78, 5) is 22.1. The van der Waals surface area contributed by atoms with Crippen molar-refractivity contribution in [2.24, 2.45) is 5.92 Å². The van der Waals surface area contributed by atoms with Crippen molar-refractivity contribution >= 4 is 11.9 Å². The Morgan fingerprint density at radius 3 is 2.62 bits per heavy atom. The van der Waals surface area contributed by atoms with Gasteiger partial charge >= 0.3 is 6.09 Å². The minimum absolute atomic E-state index is 0.0153. The highest BCUT2D eigenvalue weighted by molar-refractivity contribution is 5.67. The quantitative estimate of drug-likeness (QED) is 0.681. The first-order valence-corrected chi connectivity index (χ1v) is 13.3. The largest absolute Gasteiger partial charge is 0.493 e. The van der Waals surface area contributed by atoms with Gasteiger partial charge in [0.15, 0.2) is 0 Å². The molecule has 1 amide bonds. The van der Waals surface area contributed by atoms with Crippen LogP contribution in [-0.2, 0) is 15.9 Å². The number of piperazine rings is 1. The van der Waals surface area contributed by atoms with E-state index in [1.54, 1.807) is 0 Å². The molecule has 34 heavy (non-hydrogen) atoms. The topological polar surface area (TPSA) is 76.2 Å². The molecular formula is C26H40N4O4. The van der Waals surface area contributed by atoms with Gasteiger partial charge in [0, 0.05) is 68.8 Å². The second-order valence-corrected chi connectivity index (χ2v) is 10.4. The fourth-order valence-electron chi connectivity index (χ4n) is 5.83. The number of anilines is 1. The van der Waals surface area contributed by atoms with Crippen LogP contribution in [0.25, 0.3) is 0 Å². The van der Waals surface area contributed by atoms with Crippen molar-refractivity contribution in [3.05, 3.63) is 17.3 Å². The number of ether oxygens (including phenoxy) is 3. The summed E-state index contributed by atoms with van der Waals surface area (Å²) >= 11 is 0. The van der Waals surface area contributed by atoms with E-state index in [1.807, 2.05) is 0 Å². The predicted octanol–water partition coefficient (Wildman–Crippen LogP) is 3.30. The SMILES string of the molecule is Cc1cc2c(c(N3CCN(CC[C@H]4CC[C@H](NC(=O)OC5CCOCC5)CC4)CC3)n1)CCO2. The Balaban J connectivity index is 0.994.